The Labute approximate surface area is 130 Å². The van der Waals surface area contributed by atoms with E-state index in [0.29, 0.717) is 22.9 Å². The molecule has 1 N–H and O–H groups in total. The lowest BCUT2D eigenvalue weighted by Crippen LogP contribution is -2.50. The van der Waals surface area contributed by atoms with E-state index in [4.69, 9.17) is 11.6 Å². The van der Waals surface area contributed by atoms with Gasteiger partial charge in [-0.2, -0.15) is 11.8 Å². The third kappa shape index (κ3) is 3.24. The van der Waals surface area contributed by atoms with Crippen molar-refractivity contribution >= 4 is 47.0 Å². The molecule has 20 heavy (non-hydrogen) atoms. The highest BCUT2D eigenvalue weighted by atomic mass is 35.5. The van der Waals surface area contributed by atoms with Crippen molar-refractivity contribution < 1.29 is 14.7 Å². The molecule has 1 amide bonds. The molecule has 1 aromatic rings. The fourth-order valence-electron chi connectivity index (χ4n) is 2.00. The summed E-state index contributed by atoms with van der Waals surface area (Å²) in [4.78, 5) is 26.2. The number of hydrogen-bond acceptors (Lipinski definition) is 4. The summed E-state index contributed by atoms with van der Waals surface area (Å²) in [6.07, 6.45) is 1.91. The molecule has 0 radical (unpaired) electrons. The first-order chi connectivity index (χ1) is 9.54. The lowest BCUT2D eigenvalue weighted by Gasteiger charge is -2.32. The van der Waals surface area contributed by atoms with Gasteiger partial charge in [0.25, 0.3) is 5.91 Å². The molecule has 1 fully saturated rings. The van der Waals surface area contributed by atoms with E-state index in [-0.39, 0.29) is 5.91 Å². The zero-order valence-corrected chi connectivity index (χ0v) is 13.2. The lowest BCUT2D eigenvalue weighted by atomic mass is 10.1. The lowest BCUT2D eigenvalue weighted by molar-refractivity contribution is -0.141. The van der Waals surface area contributed by atoms with Crippen molar-refractivity contribution in [2.75, 3.05) is 24.3 Å². The van der Waals surface area contributed by atoms with E-state index in [0.717, 1.165) is 10.6 Å². The van der Waals surface area contributed by atoms with Gasteiger partial charge in [0.05, 0.1) is 10.6 Å². The molecule has 1 atom stereocenters. The number of carboxylic acid groups (broad SMARTS) is 1. The van der Waals surface area contributed by atoms with Crippen LogP contribution in [0.2, 0.25) is 5.02 Å². The first-order valence-corrected chi connectivity index (χ1v) is 8.75. The zero-order valence-electron chi connectivity index (χ0n) is 10.8. The molecule has 108 valence electrons. The SMILES string of the molecule is CSc1ccc(Cl)c(C(=O)N2CCSCC2C(=O)O)c1. The van der Waals surface area contributed by atoms with Crippen LogP contribution in [0.5, 0.6) is 0 Å². The number of thioether (sulfide) groups is 2. The van der Waals surface area contributed by atoms with Crippen LogP contribution >= 0.6 is 35.1 Å². The molecule has 1 aromatic carbocycles. The van der Waals surface area contributed by atoms with Crippen molar-refractivity contribution in [1.82, 2.24) is 4.90 Å². The third-order valence-electron chi connectivity index (χ3n) is 3.08. The minimum atomic E-state index is -0.970. The van der Waals surface area contributed by atoms with Gasteiger partial charge in [0.15, 0.2) is 0 Å². The predicted molar refractivity (Wildman–Crippen MR) is 83.0 cm³/mol. The number of halogens is 1. The Morgan fingerprint density at radius 2 is 2.25 bits per heavy atom. The summed E-state index contributed by atoms with van der Waals surface area (Å²) in [5, 5.41) is 9.59. The predicted octanol–water partition coefficient (Wildman–Crippen LogP) is 2.70. The normalized spacial score (nSPS) is 18.9. The van der Waals surface area contributed by atoms with Crippen molar-refractivity contribution in [1.29, 1.82) is 0 Å². The Bertz CT molecular complexity index is 538. The van der Waals surface area contributed by atoms with Crippen LogP contribution in [-0.2, 0) is 4.79 Å². The van der Waals surface area contributed by atoms with Gasteiger partial charge in [-0.1, -0.05) is 11.6 Å². The van der Waals surface area contributed by atoms with Gasteiger partial charge in [-0.05, 0) is 24.5 Å². The number of rotatable bonds is 3. The zero-order chi connectivity index (χ0) is 14.7. The Balaban J connectivity index is 2.31. The Kier molecular flexibility index (Phi) is 5.23. The summed E-state index contributed by atoms with van der Waals surface area (Å²) in [5.74, 6) is -0.114. The highest BCUT2D eigenvalue weighted by Crippen LogP contribution is 2.26. The molecule has 0 aromatic heterocycles. The molecule has 7 heteroatoms. The number of hydrogen-bond donors (Lipinski definition) is 1. The summed E-state index contributed by atoms with van der Waals surface area (Å²) < 4.78 is 0. The van der Waals surface area contributed by atoms with Gasteiger partial charge in [0, 0.05) is 22.9 Å². The number of benzene rings is 1. The Morgan fingerprint density at radius 1 is 1.50 bits per heavy atom. The molecule has 1 heterocycles. The quantitative estimate of drug-likeness (QED) is 0.863. The maximum atomic E-state index is 12.6. The molecule has 1 aliphatic heterocycles. The second-order valence-electron chi connectivity index (χ2n) is 4.27. The van der Waals surface area contributed by atoms with Crippen molar-refractivity contribution in [3.05, 3.63) is 28.8 Å². The van der Waals surface area contributed by atoms with E-state index >= 15 is 0 Å². The maximum absolute atomic E-state index is 12.6. The average Bonchev–Trinajstić information content (AvgIpc) is 2.47. The van der Waals surface area contributed by atoms with Gasteiger partial charge in [0.2, 0.25) is 0 Å². The number of carbonyl (C=O) groups is 2. The van der Waals surface area contributed by atoms with E-state index in [1.807, 2.05) is 12.3 Å². The van der Waals surface area contributed by atoms with Crippen molar-refractivity contribution in [2.24, 2.45) is 0 Å². The largest absolute Gasteiger partial charge is 0.480 e. The molecule has 0 spiro atoms. The molecule has 0 bridgehead atoms. The van der Waals surface area contributed by atoms with Gasteiger partial charge in [-0.3, -0.25) is 4.79 Å². The first-order valence-electron chi connectivity index (χ1n) is 5.99. The van der Waals surface area contributed by atoms with Crippen LogP contribution in [0.3, 0.4) is 0 Å². The highest BCUT2D eigenvalue weighted by Gasteiger charge is 2.33. The summed E-state index contributed by atoms with van der Waals surface area (Å²) in [7, 11) is 0. The number of amides is 1. The van der Waals surface area contributed by atoms with Gasteiger partial charge >= 0.3 is 5.97 Å². The molecule has 2 rings (SSSR count). The fourth-order valence-corrected chi connectivity index (χ4v) is 3.68. The molecular weight excluding hydrogens is 318 g/mol. The molecule has 0 saturated carbocycles. The van der Waals surface area contributed by atoms with Crippen molar-refractivity contribution in [3.63, 3.8) is 0 Å². The average molecular weight is 332 g/mol. The summed E-state index contributed by atoms with van der Waals surface area (Å²) in [6, 6.07) is 4.45. The standard InChI is InChI=1S/C13H14ClNO3S2/c1-19-8-2-3-10(14)9(6-8)12(16)15-4-5-20-7-11(15)13(17)18/h2-3,6,11H,4-5,7H2,1H3,(H,17,18). The maximum Gasteiger partial charge on any atom is 0.327 e. The molecule has 4 nitrogen and oxygen atoms in total. The Morgan fingerprint density at radius 3 is 2.90 bits per heavy atom. The molecule has 1 aliphatic rings. The number of carboxylic acids is 1. The third-order valence-corrected chi connectivity index (χ3v) is 5.16. The van der Waals surface area contributed by atoms with E-state index < -0.39 is 12.0 Å². The van der Waals surface area contributed by atoms with Crippen molar-refractivity contribution in [2.45, 2.75) is 10.9 Å². The van der Waals surface area contributed by atoms with E-state index in [1.54, 1.807) is 23.9 Å². The second-order valence-corrected chi connectivity index (χ2v) is 6.71. The second kappa shape index (κ2) is 6.74. The molecule has 1 saturated heterocycles. The van der Waals surface area contributed by atoms with Gasteiger partial charge < -0.3 is 10.0 Å². The monoisotopic (exact) mass is 331 g/mol. The van der Waals surface area contributed by atoms with Gasteiger partial charge in [-0.25, -0.2) is 4.79 Å². The van der Waals surface area contributed by atoms with Crippen LogP contribution in [0.25, 0.3) is 0 Å². The summed E-state index contributed by atoms with van der Waals surface area (Å²) in [5.41, 5.74) is 0.372. The topological polar surface area (TPSA) is 57.6 Å². The number of nitrogens with zero attached hydrogens (tertiary/aromatic N) is 1. The minimum absolute atomic E-state index is 0.307. The summed E-state index contributed by atoms with van der Waals surface area (Å²) >= 11 is 9.15. The first kappa shape index (κ1) is 15.5. The summed E-state index contributed by atoms with van der Waals surface area (Å²) in [6.45, 7) is 0.431. The van der Waals surface area contributed by atoms with Crippen LogP contribution in [0.4, 0.5) is 0 Å². The van der Waals surface area contributed by atoms with Crippen LogP contribution in [0.15, 0.2) is 23.1 Å². The van der Waals surface area contributed by atoms with E-state index in [9.17, 15) is 14.7 Å². The molecule has 0 aliphatic carbocycles. The smallest absolute Gasteiger partial charge is 0.327 e. The van der Waals surface area contributed by atoms with Gasteiger partial charge in [-0.15, -0.1) is 11.8 Å². The highest BCUT2D eigenvalue weighted by molar-refractivity contribution is 7.99. The van der Waals surface area contributed by atoms with E-state index in [1.165, 1.54) is 16.7 Å². The minimum Gasteiger partial charge on any atom is -0.480 e. The van der Waals surface area contributed by atoms with Crippen molar-refractivity contribution in [3.8, 4) is 0 Å². The van der Waals surface area contributed by atoms with Gasteiger partial charge in [0.1, 0.15) is 6.04 Å². The molecule has 1 unspecified atom stereocenters. The van der Waals surface area contributed by atoms with Crippen LogP contribution in [0.1, 0.15) is 10.4 Å². The number of aliphatic carboxylic acids is 1. The number of carbonyl (C=O) groups excluding carboxylic acids is 1. The van der Waals surface area contributed by atoms with E-state index in [2.05, 4.69) is 0 Å². The Hall–Kier alpha value is -0.850. The van der Waals surface area contributed by atoms with Crippen LogP contribution in [-0.4, -0.2) is 52.2 Å². The van der Waals surface area contributed by atoms with Crippen LogP contribution in [0, 0.1) is 0 Å². The molecular formula is C13H14ClNO3S2. The fraction of sp³-hybridized carbons (Fsp3) is 0.385. The van der Waals surface area contributed by atoms with Crippen LogP contribution < -0.4 is 0 Å².